The summed E-state index contributed by atoms with van der Waals surface area (Å²) in [6.45, 7) is 4.37. The smallest absolute Gasteiger partial charge is 0.129 e. The first-order valence-corrected chi connectivity index (χ1v) is 6.73. The Labute approximate surface area is 112 Å². The predicted octanol–water partition coefficient (Wildman–Crippen LogP) is 4.14. The molecule has 0 aliphatic rings. The molecule has 0 unspecified atom stereocenters. The molecule has 0 saturated carbocycles. The minimum Gasteiger partial charge on any atom is -0.497 e. The highest BCUT2D eigenvalue weighted by molar-refractivity contribution is 9.09. The number of alkyl halides is 1. The Bertz CT molecular complexity index is 397. The lowest BCUT2D eigenvalue weighted by atomic mass is 10.0. The van der Waals surface area contributed by atoms with Crippen LogP contribution in [0.25, 0.3) is 6.08 Å². The SMILES string of the molecule is COc1ccc(C=C(CBr)C(C)C)c(OC)c1. The number of allylic oxidation sites excluding steroid dienone is 1. The van der Waals surface area contributed by atoms with E-state index in [0.717, 1.165) is 22.4 Å². The van der Waals surface area contributed by atoms with Crippen molar-refractivity contribution in [3.8, 4) is 11.5 Å². The van der Waals surface area contributed by atoms with Gasteiger partial charge < -0.3 is 9.47 Å². The molecule has 0 radical (unpaired) electrons. The Morgan fingerprint density at radius 3 is 2.47 bits per heavy atom. The minimum absolute atomic E-state index is 0.515. The van der Waals surface area contributed by atoms with Gasteiger partial charge >= 0.3 is 0 Å². The van der Waals surface area contributed by atoms with Crippen LogP contribution >= 0.6 is 15.9 Å². The van der Waals surface area contributed by atoms with E-state index in [4.69, 9.17) is 9.47 Å². The number of rotatable bonds is 5. The maximum absolute atomic E-state index is 5.37. The quantitative estimate of drug-likeness (QED) is 0.761. The molecule has 3 heteroatoms. The van der Waals surface area contributed by atoms with Crippen LogP contribution in [0.15, 0.2) is 23.8 Å². The second-order valence-electron chi connectivity index (χ2n) is 4.12. The van der Waals surface area contributed by atoms with Gasteiger partial charge in [0.25, 0.3) is 0 Å². The van der Waals surface area contributed by atoms with Gasteiger partial charge in [-0.2, -0.15) is 0 Å². The summed E-state index contributed by atoms with van der Waals surface area (Å²) in [5, 5.41) is 0.875. The van der Waals surface area contributed by atoms with Gasteiger partial charge in [-0.05, 0) is 18.1 Å². The summed E-state index contributed by atoms with van der Waals surface area (Å²) in [6, 6.07) is 5.86. The Hall–Kier alpha value is -0.960. The van der Waals surface area contributed by atoms with Crippen LogP contribution in [-0.2, 0) is 0 Å². The van der Waals surface area contributed by atoms with Crippen LogP contribution in [0.2, 0.25) is 0 Å². The van der Waals surface area contributed by atoms with Crippen LogP contribution in [0.3, 0.4) is 0 Å². The number of methoxy groups -OCH3 is 2. The van der Waals surface area contributed by atoms with Crippen molar-refractivity contribution >= 4 is 22.0 Å². The van der Waals surface area contributed by atoms with E-state index in [1.54, 1.807) is 14.2 Å². The molecule has 0 bridgehead atoms. The van der Waals surface area contributed by atoms with Crippen molar-refractivity contribution in [2.24, 2.45) is 5.92 Å². The lowest BCUT2D eigenvalue weighted by Gasteiger charge is -2.11. The minimum atomic E-state index is 0.515. The lowest BCUT2D eigenvalue weighted by molar-refractivity contribution is 0.393. The van der Waals surface area contributed by atoms with Gasteiger partial charge in [-0.3, -0.25) is 0 Å². The number of hydrogen-bond donors (Lipinski definition) is 0. The molecule has 0 N–H and O–H groups in total. The van der Waals surface area contributed by atoms with Gasteiger partial charge in [0.2, 0.25) is 0 Å². The first-order valence-electron chi connectivity index (χ1n) is 5.60. The van der Waals surface area contributed by atoms with Gasteiger partial charge in [0.1, 0.15) is 11.5 Å². The first-order chi connectivity index (χ1) is 8.12. The Kier molecular flexibility index (Phi) is 5.56. The van der Waals surface area contributed by atoms with Crippen LogP contribution < -0.4 is 9.47 Å². The summed E-state index contributed by atoms with van der Waals surface area (Å²) in [7, 11) is 3.33. The van der Waals surface area contributed by atoms with E-state index in [2.05, 4.69) is 35.9 Å². The molecule has 0 amide bonds. The Morgan fingerprint density at radius 2 is 2.00 bits per heavy atom. The first kappa shape index (κ1) is 14.1. The van der Waals surface area contributed by atoms with E-state index in [9.17, 15) is 0 Å². The Balaban J connectivity index is 3.13. The molecule has 2 nitrogen and oxygen atoms in total. The second-order valence-corrected chi connectivity index (χ2v) is 4.68. The molecular weight excluding hydrogens is 280 g/mol. The number of benzene rings is 1. The molecule has 94 valence electrons. The highest BCUT2D eigenvalue weighted by Gasteiger charge is 2.06. The van der Waals surface area contributed by atoms with Crippen molar-refractivity contribution in [1.82, 2.24) is 0 Å². The molecule has 0 fully saturated rings. The molecule has 0 aliphatic heterocycles. The molecule has 0 aliphatic carbocycles. The molecule has 0 atom stereocenters. The van der Waals surface area contributed by atoms with Crippen LogP contribution in [0.5, 0.6) is 11.5 Å². The monoisotopic (exact) mass is 298 g/mol. The third-order valence-electron chi connectivity index (χ3n) is 2.68. The van der Waals surface area contributed by atoms with Crippen molar-refractivity contribution in [1.29, 1.82) is 0 Å². The number of halogens is 1. The van der Waals surface area contributed by atoms with E-state index in [-0.39, 0.29) is 0 Å². The second kappa shape index (κ2) is 6.70. The summed E-state index contributed by atoms with van der Waals surface area (Å²) < 4.78 is 10.6. The van der Waals surface area contributed by atoms with Gasteiger partial charge in [-0.15, -0.1) is 0 Å². The van der Waals surface area contributed by atoms with E-state index in [1.807, 2.05) is 18.2 Å². The molecule has 1 aromatic rings. The lowest BCUT2D eigenvalue weighted by Crippen LogP contribution is -1.96. The largest absolute Gasteiger partial charge is 0.497 e. The zero-order chi connectivity index (χ0) is 12.8. The molecular formula is C14H19BrO2. The summed E-state index contributed by atoms with van der Waals surface area (Å²) in [6.07, 6.45) is 2.16. The van der Waals surface area contributed by atoms with Crippen molar-refractivity contribution in [3.05, 3.63) is 29.3 Å². The van der Waals surface area contributed by atoms with E-state index in [1.165, 1.54) is 5.57 Å². The Morgan fingerprint density at radius 1 is 1.29 bits per heavy atom. The number of hydrogen-bond acceptors (Lipinski definition) is 2. The molecule has 0 spiro atoms. The fourth-order valence-electron chi connectivity index (χ4n) is 1.50. The normalized spacial score (nSPS) is 11.8. The highest BCUT2D eigenvalue weighted by Crippen LogP contribution is 2.28. The van der Waals surface area contributed by atoms with Crippen molar-refractivity contribution in [2.75, 3.05) is 19.5 Å². The fourth-order valence-corrected chi connectivity index (χ4v) is 2.31. The zero-order valence-electron chi connectivity index (χ0n) is 10.8. The van der Waals surface area contributed by atoms with E-state index < -0.39 is 0 Å². The summed E-state index contributed by atoms with van der Waals surface area (Å²) in [5.74, 6) is 2.16. The van der Waals surface area contributed by atoms with Gasteiger partial charge in [0.05, 0.1) is 14.2 Å². The average Bonchev–Trinajstić information content (AvgIpc) is 2.35. The van der Waals surface area contributed by atoms with Crippen molar-refractivity contribution in [2.45, 2.75) is 13.8 Å². The summed E-state index contributed by atoms with van der Waals surface area (Å²) >= 11 is 3.51. The molecule has 1 aromatic carbocycles. The summed E-state index contributed by atoms with van der Waals surface area (Å²) in [4.78, 5) is 0. The maximum atomic E-state index is 5.37. The van der Waals surface area contributed by atoms with Gasteiger partial charge in [0, 0.05) is 17.0 Å². The van der Waals surface area contributed by atoms with Crippen LogP contribution in [0.1, 0.15) is 19.4 Å². The van der Waals surface area contributed by atoms with Crippen LogP contribution in [0.4, 0.5) is 0 Å². The predicted molar refractivity (Wildman–Crippen MR) is 76.2 cm³/mol. The zero-order valence-corrected chi connectivity index (χ0v) is 12.4. The van der Waals surface area contributed by atoms with Crippen molar-refractivity contribution in [3.63, 3.8) is 0 Å². The van der Waals surface area contributed by atoms with Crippen LogP contribution in [0, 0.1) is 5.92 Å². The van der Waals surface area contributed by atoms with Crippen molar-refractivity contribution < 1.29 is 9.47 Å². The van der Waals surface area contributed by atoms with Crippen LogP contribution in [-0.4, -0.2) is 19.5 Å². The van der Waals surface area contributed by atoms with E-state index in [0.29, 0.717) is 5.92 Å². The standard InChI is InChI=1S/C14H19BrO2/c1-10(2)12(9-15)7-11-5-6-13(16-3)8-14(11)17-4/h5-8,10H,9H2,1-4H3. The van der Waals surface area contributed by atoms with E-state index >= 15 is 0 Å². The molecule has 0 aromatic heterocycles. The van der Waals surface area contributed by atoms with Gasteiger partial charge in [0.15, 0.2) is 0 Å². The molecule has 0 saturated heterocycles. The topological polar surface area (TPSA) is 18.5 Å². The van der Waals surface area contributed by atoms with Gasteiger partial charge in [-0.25, -0.2) is 0 Å². The maximum Gasteiger partial charge on any atom is 0.129 e. The molecule has 0 heterocycles. The third-order valence-corrected chi connectivity index (χ3v) is 3.32. The number of ether oxygens (including phenoxy) is 2. The average molecular weight is 299 g/mol. The third kappa shape index (κ3) is 3.77. The fraction of sp³-hybridized carbons (Fsp3) is 0.429. The summed E-state index contributed by atoms with van der Waals surface area (Å²) in [5.41, 5.74) is 2.42. The molecule has 1 rings (SSSR count). The van der Waals surface area contributed by atoms with Gasteiger partial charge in [-0.1, -0.05) is 41.4 Å². The highest BCUT2D eigenvalue weighted by atomic mass is 79.9. The molecule has 17 heavy (non-hydrogen) atoms.